The predicted octanol–water partition coefficient (Wildman–Crippen LogP) is 2.36. The first-order valence-electron chi connectivity index (χ1n) is 7.88. The third-order valence-electron chi connectivity index (χ3n) is 4.10. The smallest absolute Gasteiger partial charge is 0.344 e. The van der Waals surface area contributed by atoms with Crippen molar-refractivity contribution in [2.45, 2.75) is 12.5 Å². The Kier molecular flexibility index (Phi) is 4.77. The van der Waals surface area contributed by atoms with E-state index in [1.165, 1.54) is 0 Å². The summed E-state index contributed by atoms with van der Waals surface area (Å²) in [7, 11) is 1.58. The summed E-state index contributed by atoms with van der Waals surface area (Å²) in [5.74, 6) is 0.273. The van der Waals surface area contributed by atoms with Gasteiger partial charge in [-0.1, -0.05) is 30.3 Å². The molecule has 134 valence electrons. The molecule has 1 heterocycles. The van der Waals surface area contributed by atoms with Crippen molar-refractivity contribution < 1.29 is 14.3 Å². The van der Waals surface area contributed by atoms with Gasteiger partial charge in [-0.05, 0) is 49.0 Å². The van der Waals surface area contributed by atoms with Gasteiger partial charge >= 0.3 is 6.03 Å². The van der Waals surface area contributed by atoms with Gasteiger partial charge in [-0.25, -0.2) is 4.79 Å². The van der Waals surface area contributed by atoms with Gasteiger partial charge in [0.05, 0.1) is 7.11 Å². The third-order valence-corrected chi connectivity index (χ3v) is 4.30. The summed E-state index contributed by atoms with van der Waals surface area (Å²) in [6, 6.07) is 15.6. The maximum atomic E-state index is 12.8. The van der Waals surface area contributed by atoms with E-state index in [-0.39, 0.29) is 5.11 Å². The average Bonchev–Trinajstić information content (AvgIpc) is 2.87. The number of hydrazine groups is 1. The zero-order valence-electron chi connectivity index (χ0n) is 14.3. The van der Waals surface area contributed by atoms with Crippen LogP contribution < -0.4 is 20.8 Å². The number of nitrogens with zero attached hydrogens (tertiary/aromatic N) is 1. The standard InChI is InChI=1S/C18H18N4O3S/c1-18(12-6-4-3-5-7-12)15(23)22(17(24)20-18)21-16(26)19-13-8-10-14(25-2)11-9-13/h3-11H,1-2H3,(H,20,24)(H2,19,21,26)/t18-/m1/s1. The average molecular weight is 370 g/mol. The normalized spacial score (nSPS) is 19.1. The number of carbonyl (C=O) groups excluding carboxylic acids is 2. The van der Waals surface area contributed by atoms with Crippen LogP contribution in [0.3, 0.4) is 0 Å². The van der Waals surface area contributed by atoms with Crippen molar-refractivity contribution in [3.05, 3.63) is 60.2 Å². The number of nitrogens with one attached hydrogen (secondary N) is 3. The Morgan fingerprint density at radius 3 is 2.38 bits per heavy atom. The minimum absolute atomic E-state index is 0.121. The number of urea groups is 1. The summed E-state index contributed by atoms with van der Waals surface area (Å²) in [4.78, 5) is 25.1. The lowest BCUT2D eigenvalue weighted by Crippen LogP contribution is -2.49. The number of hydrogen-bond acceptors (Lipinski definition) is 4. The van der Waals surface area contributed by atoms with Crippen LogP contribution in [0, 0.1) is 0 Å². The monoisotopic (exact) mass is 370 g/mol. The molecule has 0 spiro atoms. The number of ether oxygens (including phenoxy) is 1. The molecule has 2 aromatic carbocycles. The van der Waals surface area contributed by atoms with Crippen molar-refractivity contribution in [2.75, 3.05) is 12.4 Å². The Balaban J connectivity index is 1.70. The van der Waals surface area contributed by atoms with Gasteiger partial charge in [0.25, 0.3) is 5.91 Å². The molecule has 26 heavy (non-hydrogen) atoms. The molecule has 3 N–H and O–H groups in total. The van der Waals surface area contributed by atoms with E-state index in [1.807, 2.05) is 18.2 Å². The molecule has 8 heteroatoms. The van der Waals surface area contributed by atoms with Gasteiger partial charge in [0.2, 0.25) is 0 Å². The molecule has 1 atom stereocenters. The molecule has 1 saturated heterocycles. The molecule has 1 aliphatic rings. The van der Waals surface area contributed by atoms with E-state index in [0.717, 1.165) is 5.01 Å². The molecule has 7 nitrogen and oxygen atoms in total. The molecule has 1 fully saturated rings. The quantitative estimate of drug-likeness (QED) is 0.566. The highest BCUT2D eigenvalue weighted by Gasteiger charge is 2.49. The van der Waals surface area contributed by atoms with Crippen LogP contribution in [0.5, 0.6) is 5.75 Å². The van der Waals surface area contributed by atoms with E-state index >= 15 is 0 Å². The second-order valence-corrected chi connectivity index (χ2v) is 6.26. The van der Waals surface area contributed by atoms with Gasteiger partial charge < -0.3 is 15.4 Å². The van der Waals surface area contributed by atoms with Crippen LogP contribution in [0.2, 0.25) is 0 Å². The highest BCUT2D eigenvalue weighted by Crippen LogP contribution is 2.27. The fraction of sp³-hybridized carbons (Fsp3) is 0.167. The van der Waals surface area contributed by atoms with Gasteiger partial charge in [-0.3, -0.25) is 10.2 Å². The number of rotatable bonds is 4. The van der Waals surface area contributed by atoms with Crippen LogP contribution in [0.4, 0.5) is 10.5 Å². The number of methoxy groups -OCH3 is 1. The maximum Gasteiger partial charge on any atom is 0.344 e. The number of anilines is 1. The fourth-order valence-corrected chi connectivity index (χ4v) is 2.85. The maximum absolute atomic E-state index is 12.8. The first-order valence-corrected chi connectivity index (χ1v) is 8.29. The molecular formula is C18H18N4O3S. The van der Waals surface area contributed by atoms with E-state index in [9.17, 15) is 9.59 Å². The fourth-order valence-electron chi connectivity index (χ4n) is 2.64. The van der Waals surface area contributed by atoms with Gasteiger partial charge in [0.1, 0.15) is 11.3 Å². The highest BCUT2D eigenvalue weighted by atomic mass is 32.1. The second-order valence-electron chi connectivity index (χ2n) is 5.86. The number of hydrogen-bond donors (Lipinski definition) is 3. The Morgan fingerprint density at radius 1 is 1.12 bits per heavy atom. The van der Waals surface area contributed by atoms with E-state index in [0.29, 0.717) is 17.0 Å². The van der Waals surface area contributed by atoms with E-state index < -0.39 is 17.5 Å². The molecule has 3 amide bonds. The van der Waals surface area contributed by atoms with Crippen molar-refractivity contribution in [3.8, 4) is 5.75 Å². The number of carbonyl (C=O) groups is 2. The summed E-state index contributed by atoms with van der Waals surface area (Å²) in [6.45, 7) is 1.66. The van der Waals surface area contributed by atoms with Crippen LogP contribution in [0.25, 0.3) is 0 Å². The molecule has 1 aliphatic heterocycles. The Labute approximate surface area is 156 Å². The number of benzene rings is 2. The summed E-state index contributed by atoms with van der Waals surface area (Å²) in [6.07, 6.45) is 0. The molecular weight excluding hydrogens is 352 g/mol. The zero-order valence-corrected chi connectivity index (χ0v) is 15.1. The van der Waals surface area contributed by atoms with Crippen molar-refractivity contribution >= 4 is 35.0 Å². The number of thiocarbonyl (C=S) groups is 1. The van der Waals surface area contributed by atoms with Crippen LogP contribution >= 0.6 is 12.2 Å². The molecule has 0 unspecified atom stereocenters. The Bertz CT molecular complexity index is 841. The van der Waals surface area contributed by atoms with Crippen LogP contribution in [-0.2, 0) is 10.3 Å². The SMILES string of the molecule is COc1ccc(NC(=S)NN2C(=O)N[C@](C)(c3ccccc3)C2=O)cc1. The molecule has 0 radical (unpaired) electrons. The predicted molar refractivity (Wildman–Crippen MR) is 102 cm³/mol. The van der Waals surface area contributed by atoms with E-state index in [1.54, 1.807) is 50.4 Å². The lowest BCUT2D eigenvalue weighted by atomic mass is 9.92. The zero-order chi connectivity index (χ0) is 18.7. The minimum Gasteiger partial charge on any atom is -0.497 e. The van der Waals surface area contributed by atoms with Crippen molar-refractivity contribution in [1.29, 1.82) is 0 Å². The van der Waals surface area contributed by atoms with Gasteiger partial charge in [-0.15, -0.1) is 0 Å². The summed E-state index contributed by atoms with van der Waals surface area (Å²) < 4.78 is 5.09. The second kappa shape index (κ2) is 7.01. The largest absolute Gasteiger partial charge is 0.497 e. The summed E-state index contributed by atoms with van der Waals surface area (Å²) in [5, 5.41) is 6.62. The van der Waals surface area contributed by atoms with E-state index in [4.69, 9.17) is 17.0 Å². The Hall–Kier alpha value is -3.13. The molecule has 0 aromatic heterocycles. The third kappa shape index (κ3) is 3.31. The summed E-state index contributed by atoms with van der Waals surface area (Å²) in [5.41, 5.74) is 2.88. The minimum atomic E-state index is -1.15. The van der Waals surface area contributed by atoms with Crippen LogP contribution in [0.15, 0.2) is 54.6 Å². The Morgan fingerprint density at radius 2 is 1.77 bits per heavy atom. The summed E-state index contributed by atoms with van der Waals surface area (Å²) >= 11 is 5.20. The van der Waals surface area contributed by atoms with Gasteiger partial charge in [0.15, 0.2) is 5.11 Å². The van der Waals surface area contributed by atoms with Crippen molar-refractivity contribution in [2.24, 2.45) is 0 Å². The molecule has 0 aliphatic carbocycles. The molecule has 2 aromatic rings. The van der Waals surface area contributed by atoms with Gasteiger partial charge in [-0.2, -0.15) is 5.01 Å². The van der Waals surface area contributed by atoms with Crippen molar-refractivity contribution in [1.82, 2.24) is 15.8 Å². The van der Waals surface area contributed by atoms with Crippen LogP contribution in [0.1, 0.15) is 12.5 Å². The molecule has 0 saturated carbocycles. The topological polar surface area (TPSA) is 82.7 Å². The molecule has 0 bridgehead atoms. The van der Waals surface area contributed by atoms with Gasteiger partial charge in [0, 0.05) is 5.69 Å². The van der Waals surface area contributed by atoms with E-state index in [2.05, 4.69) is 16.1 Å². The van der Waals surface area contributed by atoms with Crippen molar-refractivity contribution in [3.63, 3.8) is 0 Å². The first kappa shape index (κ1) is 17.7. The first-order chi connectivity index (χ1) is 12.4. The lowest BCUT2D eigenvalue weighted by molar-refractivity contribution is -0.132. The highest BCUT2D eigenvalue weighted by molar-refractivity contribution is 7.80. The lowest BCUT2D eigenvalue weighted by Gasteiger charge is -2.22. The number of imide groups is 1. The van der Waals surface area contributed by atoms with Crippen LogP contribution in [-0.4, -0.2) is 29.2 Å². The number of amides is 3. The molecule has 3 rings (SSSR count).